The second-order valence-electron chi connectivity index (χ2n) is 6.79. The number of imidazole rings is 1. The quantitative estimate of drug-likeness (QED) is 0.692. The van der Waals surface area contributed by atoms with Crippen molar-refractivity contribution in [2.24, 2.45) is 0 Å². The molecule has 2 aromatic rings. The van der Waals surface area contributed by atoms with Crippen LogP contribution in [0.3, 0.4) is 0 Å². The van der Waals surface area contributed by atoms with Crippen molar-refractivity contribution in [3.8, 4) is 0 Å². The molecule has 0 saturated carbocycles. The summed E-state index contributed by atoms with van der Waals surface area (Å²) in [7, 11) is 0. The second-order valence-corrected chi connectivity index (χ2v) is 7.58. The van der Waals surface area contributed by atoms with Gasteiger partial charge >= 0.3 is 6.09 Å². The number of rotatable bonds is 6. The molecule has 148 valence electrons. The number of thioether (sulfide) groups is 1. The van der Waals surface area contributed by atoms with Gasteiger partial charge in [0.25, 0.3) is 0 Å². The van der Waals surface area contributed by atoms with E-state index in [1.165, 1.54) is 17.8 Å². The first kappa shape index (κ1) is 21.2. The number of nitrogens with one attached hydrogen (secondary N) is 1. The first-order valence-electron chi connectivity index (χ1n) is 8.70. The monoisotopic (exact) mass is 397 g/mol. The number of H-pyrrole nitrogens is 1. The van der Waals surface area contributed by atoms with Gasteiger partial charge in [-0.15, -0.1) is 11.8 Å². The molecule has 0 aliphatic heterocycles. The van der Waals surface area contributed by atoms with Crippen molar-refractivity contribution in [3.63, 3.8) is 0 Å². The first-order chi connectivity index (χ1) is 12.6. The van der Waals surface area contributed by atoms with E-state index in [1.54, 1.807) is 4.90 Å². The number of nitrogens with zero attached hydrogens (tertiary/aromatic N) is 2. The summed E-state index contributed by atoms with van der Waals surface area (Å²) in [5.74, 6) is -1.61. The molecular weight excluding hydrogens is 372 g/mol. The van der Waals surface area contributed by atoms with Gasteiger partial charge in [-0.2, -0.15) is 0 Å². The largest absolute Gasteiger partial charge is 0.433 e. The van der Waals surface area contributed by atoms with E-state index in [1.807, 2.05) is 40.9 Å². The molecule has 1 aromatic carbocycles. The zero-order chi connectivity index (χ0) is 20.3. The standard InChI is InChI=1S/C19H25F2N3O2S/c1-10(2)24(11(3)4)19(25)26-16(13-7-8-14(20)15(21)9-13)17-22-12(5)18(23-17)27-6/h7-11,16H,1-6H3,(H,22,23). The third kappa shape index (κ3) is 4.80. The highest BCUT2D eigenvalue weighted by Gasteiger charge is 2.29. The Hall–Kier alpha value is -2.09. The van der Waals surface area contributed by atoms with E-state index >= 15 is 0 Å². The van der Waals surface area contributed by atoms with Gasteiger partial charge in [0.2, 0.25) is 0 Å². The summed E-state index contributed by atoms with van der Waals surface area (Å²) in [5.41, 5.74) is 1.11. The van der Waals surface area contributed by atoms with E-state index in [0.29, 0.717) is 11.4 Å². The van der Waals surface area contributed by atoms with E-state index in [2.05, 4.69) is 9.97 Å². The van der Waals surface area contributed by atoms with Crippen LogP contribution >= 0.6 is 11.8 Å². The van der Waals surface area contributed by atoms with Crippen LogP contribution in [0.4, 0.5) is 13.6 Å². The summed E-state index contributed by atoms with van der Waals surface area (Å²) in [5, 5.41) is 0.748. The Morgan fingerprint density at radius 3 is 2.30 bits per heavy atom. The lowest BCUT2D eigenvalue weighted by Crippen LogP contribution is -2.43. The fraction of sp³-hybridized carbons (Fsp3) is 0.474. The maximum absolute atomic E-state index is 13.8. The summed E-state index contributed by atoms with van der Waals surface area (Å²) in [4.78, 5) is 21.9. The van der Waals surface area contributed by atoms with Gasteiger partial charge in [-0.3, -0.25) is 0 Å². The van der Waals surface area contributed by atoms with Gasteiger partial charge in [0.1, 0.15) is 5.03 Å². The molecule has 27 heavy (non-hydrogen) atoms. The Bertz CT molecular complexity index is 800. The zero-order valence-electron chi connectivity index (χ0n) is 16.3. The Morgan fingerprint density at radius 1 is 1.19 bits per heavy atom. The average Bonchev–Trinajstić information content (AvgIpc) is 2.95. The molecule has 0 saturated heterocycles. The van der Waals surface area contributed by atoms with Crippen molar-refractivity contribution in [3.05, 3.63) is 46.9 Å². The molecule has 0 bridgehead atoms. The lowest BCUT2D eigenvalue weighted by atomic mass is 10.1. The SMILES string of the molecule is CSc1nc(C(OC(=O)N(C(C)C)C(C)C)c2ccc(F)c(F)c2)[nH]c1C. The minimum atomic E-state index is -1.01. The Balaban J connectivity index is 2.45. The average molecular weight is 397 g/mol. The maximum Gasteiger partial charge on any atom is 0.411 e. The number of hydrogen-bond acceptors (Lipinski definition) is 4. The van der Waals surface area contributed by atoms with E-state index in [-0.39, 0.29) is 12.1 Å². The third-order valence-electron chi connectivity index (χ3n) is 4.09. The molecule has 0 spiro atoms. The molecule has 1 N–H and O–H groups in total. The van der Waals surface area contributed by atoms with Gasteiger partial charge in [0, 0.05) is 23.3 Å². The van der Waals surface area contributed by atoms with E-state index < -0.39 is 23.8 Å². The summed E-state index contributed by atoms with van der Waals surface area (Å²) in [6, 6.07) is 3.27. The Kier molecular flexibility index (Phi) is 6.86. The highest BCUT2D eigenvalue weighted by molar-refractivity contribution is 7.98. The molecule has 1 amide bonds. The highest BCUT2D eigenvalue weighted by atomic mass is 32.2. The number of hydrogen-bond donors (Lipinski definition) is 1. The molecule has 0 aliphatic carbocycles. The van der Waals surface area contributed by atoms with E-state index in [9.17, 15) is 13.6 Å². The number of benzene rings is 1. The van der Waals surface area contributed by atoms with Crippen molar-refractivity contribution in [1.29, 1.82) is 0 Å². The molecule has 2 rings (SSSR count). The van der Waals surface area contributed by atoms with Gasteiger partial charge in [-0.05, 0) is 53.0 Å². The Labute approximate surface area is 162 Å². The molecule has 0 fully saturated rings. The number of halogens is 2. The molecule has 1 aromatic heterocycles. The van der Waals surface area contributed by atoms with Crippen molar-refractivity contribution < 1.29 is 18.3 Å². The molecule has 1 unspecified atom stereocenters. The van der Waals surface area contributed by atoms with Crippen LogP contribution in [0.2, 0.25) is 0 Å². The van der Waals surface area contributed by atoms with Crippen LogP contribution in [0, 0.1) is 18.6 Å². The van der Waals surface area contributed by atoms with E-state index in [0.717, 1.165) is 22.9 Å². The molecule has 1 atom stereocenters. The Morgan fingerprint density at radius 2 is 1.81 bits per heavy atom. The number of aromatic nitrogens is 2. The fourth-order valence-corrected chi connectivity index (χ4v) is 3.47. The topological polar surface area (TPSA) is 58.2 Å². The molecular formula is C19H25F2N3O2S. The minimum Gasteiger partial charge on any atom is -0.433 e. The number of carbonyl (C=O) groups excluding carboxylic acids is 1. The van der Waals surface area contributed by atoms with Gasteiger partial charge in [-0.1, -0.05) is 6.07 Å². The van der Waals surface area contributed by atoms with Crippen LogP contribution in [0.25, 0.3) is 0 Å². The smallest absolute Gasteiger partial charge is 0.411 e. The molecule has 5 nitrogen and oxygen atoms in total. The molecule has 0 radical (unpaired) electrons. The number of amides is 1. The lowest BCUT2D eigenvalue weighted by Gasteiger charge is -2.31. The van der Waals surface area contributed by atoms with Crippen LogP contribution < -0.4 is 0 Å². The van der Waals surface area contributed by atoms with Crippen LogP contribution in [-0.4, -0.2) is 39.3 Å². The molecule has 1 heterocycles. The number of ether oxygens (including phenoxy) is 1. The number of aryl methyl sites for hydroxylation is 1. The highest BCUT2D eigenvalue weighted by Crippen LogP contribution is 2.29. The summed E-state index contributed by atoms with van der Waals surface area (Å²) >= 11 is 1.44. The lowest BCUT2D eigenvalue weighted by molar-refractivity contribution is 0.0551. The van der Waals surface area contributed by atoms with Crippen LogP contribution in [0.1, 0.15) is 50.9 Å². The summed E-state index contributed by atoms with van der Waals surface area (Å²) in [6.45, 7) is 9.39. The predicted molar refractivity (Wildman–Crippen MR) is 102 cm³/mol. The predicted octanol–water partition coefficient (Wildman–Crippen LogP) is 5.06. The van der Waals surface area contributed by atoms with Crippen molar-refractivity contribution in [2.45, 2.75) is 57.8 Å². The molecule has 8 heteroatoms. The first-order valence-corrected chi connectivity index (χ1v) is 9.92. The summed E-state index contributed by atoms with van der Waals surface area (Å²) in [6.07, 6.45) is 0.354. The summed E-state index contributed by atoms with van der Waals surface area (Å²) < 4.78 is 32.9. The van der Waals surface area contributed by atoms with Gasteiger partial charge < -0.3 is 14.6 Å². The normalized spacial score (nSPS) is 12.5. The van der Waals surface area contributed by atoms with Gasteiger partial charge in [0.05, 0.1) is 0 Å². The van der Waals surface area contributed by atoms with Crippen LogP contribution in [0.5, 0.6) is 0 Å². The van der Waals surface area contributed by atoms with Crippen LogP contribution in [0.15, 0.2) is 23.2 Å². The van der Waals surface area contributed by atoms with Crippen molar-refractivity contribution >= 4 is 17.9 Å². The van der Waals surface area contributed by atoms with Gasteiger partial charge in [0.15, 0.2) is 23.6 Å². The number of carbonyl (C=O) groups is 1. The van der Waals surface area contributed by atoms with E-state index in [4.69, 9.17) is 4.74 Å². The number of aromatic amines is 1. The maximum atomic E-state index is 13.8. The second kappa shape index (κ2) is 8.73. The molecule has 0 aliphatic rings. The fourth-order valence-electron chi connectivity index (χ4n) is 2.93. The van der Waals surface area contributed by atoms with Crippen molar-refractivity contribution in [2.75, 3.05) is 6.26 Å². The zero-order valence-corrected chi connectivity index (χ0v) is 17.2. The van der Waals surface area contributed by atoms with Gasteiger partial charge in [-0.25, -0.2) is 18.6 Å². The van der Waals surface area contributed by atoms with Crippen molar-refractivity contribution in [1.82, 2.24) is 14.9 Å². The third-order valence-corrected chi connectivity index (χ3v) is 4.87. The minimum absolute atomic E-state index is 0.0804. The van der Waals surface area contributed by atoms with Crippen LogP contribution in [-0.2, 0) is 4.74 Å².